The van der Waals surface area contributed by atoms with Gasteiger partial charge in [-0.15, -0.1) is 10.2 Å². The van der Waals surface area contributed by atoms with E-state index in [4.69, 9.17) is 17.3 Å². The van der Waals surface area contributed by atoms with E-state index in [1.165, 1.54) is 0 Å². The molecule has 5 heteroatoms. The van der Waals surface area contributed by atoms with Crippen LogP contribution >= 0.6 is 11.6 Å². The van der Waals surface area contributed by atoms with E-state index in [1.807, 2.05) is 24.3 Å². The van der Waals surface area contributed by atoms with E-state index in [0.29, 0.717) is 12.5 Å². The van der Waals surface area contributed by atoms with Crippen molar-refractivity contribution in [3.63, 3.8) is 0 Å². The number of hydrogen-bond donors (Lipinski definition) is 1. The predicted molar refractivity (Wildman–Crippen MR) is 55.0 cm³/mol. The van der Waals surface area contributed by atoms with Gasteiger partial charge in [-0.25, -0.2) is 0 Å². The molecule has 2 rings (SSSR count). The van der Waals surface area contributed by atoms with Crippen molar-refractivity contribution in [2.24, 2.45) is 0 Å². The molecule has 0 amide bonds. The standard InChI is InChI=1S/C9H9ClN4/c10-8-3-1-7(2-4-8)5-14-6-12-13-9(14)11/h1-4,6H,5H2,(H2,11,13). The lowest BCUT2D eigenvalue weighted by Gasteiger charge is -2.03. The summed E-state index contributed by atoms with van der Waals surface area (Å²) in [5.41, 5.74) is 6.69. The minimum Gasteiger partial charge on any atom is -0.368 e. The first-order valence-corrected chi connectivity index (χ1v) is 4.51. The Balaban J connectivity index is 2.19. The van der Waals surface area contributed by atoms with Gasteiger partial charge in [0.05, 0.1) is 6.54 Å². The van der Waals surface area contributed by atoms with E-state index in [1.54, 1.807) is 10.9 Å². The number of aromatic nitrogens is 3. The van der Waals surface area contributed by atoms with E-state index in [-0.39, 0.29) is 0 Å². The summed E-state index contributed by atoms with van der Waals surface area (Å²) in [5, 5.41) is 8.12. The lowest BCUT2D eigenvalue weighted by molar-refractivity contribution is 0.806. The maximum absolute atomic E-state index is 5.77. The predicted octanol–water partition coefficient (Wildman–Crippen LogP) is 1.56. The summed E-state index contributed by atoms with van der Waals surface area (Å²) in [4.78, 5) is 0. The molecule has 0 radical (unpaired) electrons. The number of benzene rings is 1. The molecular formula is C9H9ClN4. The SMILES string of the molecule is Nc1nncn1Cc1ccc(Cl)cc1. The fourth-order valence-corrected chi connectivity index (χ4v) is 1.30. The van der Waals surface area contributed by atoms with Crippen LogP contribution in [-0.4, -0.2) is 14.8 Å². The minimum atomic E-state index is 0.417. The highest BCUT2D eigenvalue weighted by atomic mass is 35.5. The maximum atomic E-state index is 5.77. The lowest BCUT2D eigenvalue weighted by Crippen LogP contribution is -2.03. The molecule has 0 aliphatic rings. The molecule has 0 spiro atoms. The Morgan fingerprint density at radius 3 is 2.57 bits per heavy atom. The number of anilines is 1. The number of hydrogen-bond acceptors (Lipinski definition) is 3. The van der Waals surface area contributed by atoms with Crippen LogP contribution in [0, 0.1) is 0 Å². The molecule has 0 bridgehead atoms. The van der Waals surface area contributed by atoms with Crippen molar-refractivity contribution in [1.29, 1.82) is 0 Å². The van der Waals surface area contributed by atoms with E-state index in [0.717, 1.165) is 10.6 Å². The summed E-state index contributed by atoms with van der Waals surface area (Å²) >= 11 is 5.77. The third-order valence-electron chi connectivity index (χ3n) is 1.91. The van der Waals surface area contributed by atoms with Gasteiger partial charge >= 0.3 is 0 Å². The number of nitrogens with zero attached hydrogens (tertiary/aromatic N) is 3. The fraction of sp³-hybridized carbons (Fsp3) is 0.111. The smallest absolute Gasteiger partial charge is 0.222 e. The van der Waals surface area contributed by atoms with Crippen LogP contribution in [0.4, 0.5) is 5.95 Å². The zero-order chi connectivity index (χ0) is 9.97. The Kier molecular flexibility index (Phi) is 2.37. The van der Waals surface area contributed by atoms with Crippen molar-refractivity contribution in [3.8, 4) is 0 Å². The second-order valence-electron chi connectivity index (χ2n) is 2.94. The van der Waals surface area contributed by atoms with Crippen LogP contribution in [-0.2, 0) is 6.54 Å². The van der Waals surface area contributed by atoms with E-state index in [9.17, 15) is 0 Å². The van der Waals surface area contributed by atoms with Gasteiger partial charge in [0.15, 0.2) is 0 Å². The molecule has 0 aliphatic carbocycles. The van der Waals surface area contributed by atoms with Gasteiger partial charge in [-0.3, -0.25) is 4.57 Å². The number of nitrogen functional groups attached to an aromatic ring is 1. The molecule has 0 saturated heterocycles. The summed E-state index contributed by atoms with van der Waals surface area (Å²) in [6, 6.07) is 7.58. The normalized spacial score (nSPS) is 10.4. The fourth-order valence-electron chi connectivity index (χ4n) is 1.17. The van der Waals surface area contributed by atoms with Crippen molar-refractivity contribution >= 4 is 17.5 Å². The van der Waals surface area contributed by atoms with Gasteiger partial charge in [0.25, 0.3) is 0 Å². The molecule has 0 aliphatic heterocycles. The van der Waals surface area contributed by atoms with Crippen LogP contribution < -0.4 is 5.73 Å². The van der Waals surface area contributed by atoms with E-state index < -0.39 is 0 Å². The molecular weight excluding hydrogens is 200 g/mol. The van der Waals surface area contributed by atoms with Crippen molar-refractivity contribution in [3.05, 3.63) is 41.2 Å². The highest BCUT2D eigenvalue weighted by Gasteiger charge is 1.99. The van der Waals surface area contributed by atoms with Crippen LogP contribution in [0.2, 0.25) is 5.02 Å². The second-order valence-corrected chi connectivity index (χ2v) is 3.38. The van der Waals surface area contributed by atoms with Crippen LogP contribution in [0.25, 0.3) is 0 Å². The van der Waals surface area contributed by atoms with Gasteiger partial charge in [-0.2, -0.15) is 0 Å². The maximum Gasteiger partial charge on any atom is 0.222 e. The van der Waals surface area contributed by atoms with Gasteiger partial charge in [-0.05, 0) is 17.7 Å². The van der Waals surface area contributed by atoms with E-state index in [2.05, 4.69) is 10.2 Å². The average Bonchev–Trinajstić information content (AvgIpc) is 2.56. The molecule has 0 saturated carbocycles. The van der Waals surface area contributed by atoms with Crippen molar-refractivity contribution in [2.45, 2.75) is 6.54 Å². The molecule has 2 aromatic rings. The van der Waals surface area contributed by atoms with Gasteiger partial charge in [0, 0.05) is 5.02 Å². The average molecular weight is 209 g/mol. The lowest BCUT2D eigenvalue weighted by atomic mass is 10.2. The summed E-state index contributed by atoms with van der Waals surface area (Å²) in [7, 11) is 0. The zero-order valence-electron chi connectivity index (χ0n) is 7.39. The molecule has 0 fully saturated rings. The van der Waals surface area contributed by atoms with Gasteiger partial charge in [0.1, 0.15) is 6.33 Å². The molecule has 0 atom stereocenters. The topological polar surface area (TPSA) is 56.7 Å². The Labute approximate surface area is 86.3 Å². The molecule has 1 aromatic heterocycles. The van der Waals surface area contributed by atoms with Crippen molar-refractivity contribution in [2.75, 3.05) is 5.73 Å². The molecule has 2 N–H and O–H groups in total. The Morgan fingerprint density at radius 1 is 1.29 bits per heavy atom. The molecule has 1 aromatic carbocycles. The first-order chi connectivity index (χ1) is 6.75. The first kappa shape index (κ1) is 9.02. The van der Waals surface area contributed by atoms with Crippen molar-refractivity contribution in [1.82, 2.24) is 14.8 Å². The monoisotopic (exact) mass is 208 g/mol. The summed E-state index contributed by atoms with van der Waals surface area (Å²) < 4.78 is 1.77. The molecule has 4 nitrogen and oxygen atoms in total. The van der Waals surface area contributed by atoms with Crippen LogP contribution in [0.3, 0.4) is 0 Å². The third-order valence-corrected chi connectivity index (χ3v) is 2.16. The quantitative estimate of drug-likeness (QED) is 0.815. The van der Waals surface area contributed by atoms with Gasteiger partial charge < -0.3 is 5.73 Å². The number of rotatable bonds is 2. The van der Waals surface area contributed by atoms with Crippen molar-refractivity contribution < 1.29 is 0 Å². The minimum absolute atomic E-state index is 0.417. The third kappa shape index (κ3) is 1.85. The summed E-state index contributed by atoms with van der Waals surface area (Å²) in [6.07, 6.45) is 1.60. The molecule has 1 heterocycles. The molecule has 0 unspecified atom stereocenters. The number of halogens is 1. The molecule has 14 heavy (non-hydrogen) atoms. The molecule has 72 valence electrons. The van der Waals surface area contributed by atoms with Crippen LogP contribution in [0.15, 0.2) is 30.6 Å². The Hall–Kier alpha value is -1.55. The van der Waals surface area contributed by atoms with Gasteiger partial charge in [0.2, 0.25) is 5.95 Å². The largest absolute Gasteiger partial charge is 0.368 e. The highest BCUT2D eigenvalue weighted by molar-refractivity contribution is 6.30. The highest BCUT2D eigenvalue weighted by Crippen LogP contribution is 2.11. The summed E-state index contributed by atoms with van der Waals surface area (Å²) in [6.45, 7) is 0.663. The zero-order valence-corrected chi connectivity index (χ0v) is 8.15. The van der Waals surface area contributed by atoms with E-state index >= 15 is 0 Å². The van der Waals surface area contributed by atoms with Gasteiger partial charge in [-0.1, -0.05) is 23.7 Å². The second kappa shape index (κ2) is 3.67. The van der Waals surface area contributed by atoms with Crippen LogP contribution in [0.1, 0.15) is 5.56 Å². The Morgan fingerprint density at radius 2 is 2.00 bits per heavy atom. The summed E-state index contributed by atoms with van der Waals surface area (Å²) in [5.74, 6) is 0.417. The number of nitrogens with two attached hydrogens (primary N) is 1. The van der Waals surface area contributed by atoms with Crippen LogP contribution in [0.5, 0.6) is 0 Å². The first-order valence-electron chi connectivity index (χ1n) is 4.13. The Bertz CT molecular complexity index is 421.